The molecule has 0 aliphatic rings. The van der Waals surface area contributed by atoms with E-state index in [1.807, 2.05) is 42.5 Å². The number of aryl methyl sites for hydroxylation is 1. The highest BCUT2D eigenvalue weighted by Gasteiger charge is 2.28. The summed E-state index contributed by atoms with van der Waals surface area (Å²) in [6.07, 6.45) is -0.0856. The number of rotatable bonds is 9. The maximum Gasteiger partial charge on any atom is 0.410 e. The number of carboxylic acids is 1. The smallest absolute Gasteiger partial charge is 0.410 e. The Labute approximate surface area is 164 Å². The van der Waals surface area contributed by atoms with Gasteiger partial charge in [-0.25, -0.2) is 9.59 Å². The first-order valence-corrected chi connectivity index (χ1v) is 8.84. The number of aliphatic carboxylic acids is 1. The van der Waals surface area contributed by atoms with Gasteiger partial charge in [0.25, 0.3) is 0 Å². The number of hydrogen-bond acceptors (Lipinski definition) is 5. The number of carboxylic acid groups (broad SMARTS) is 1. The van der Waals surface area contributed by atoms with Crippen molar-refractivity contribution in [1.82, 2.24) is 4.90 Å². The Bertz CT molecular complexity index is 793. The minimum absolute atomic E-state index is 0.0834. The van der Waals surface area contributed by atoms with E-state index >= 15 is 0 Å². The molecule has 28 heavy (non-hydrogen) atoms. The lowest BCUT2D eigenvalue weighted by Gasteiger charge is -2.24. The van der Waals surface area contributed by atoms with Crippen LogP contribution >= 0.6 is 0 Å². The predicted octanol–water partition coefficient (Wildman–Crippen LogP) is 3.36. The van der Waals surface area contributed by atoms with Gasteiger partial charge >= 0.3 is 12.1 Å². The van der Waals surface area contributed by atoms with E-state index < -0.39 is 18.1 Å². The maximum atomic E-state index is 12.3. The molecule has 1 atom stereocenters. The molecule has 0 bridgehead atoms. The van der Waals surface area contributed by atoms with Crippen molar-refractivity contribution < 1.29 is 28.9 Å². The molecule has 1 amide bonds. The first-order valence-electron chi connectivity index (χ1n) is 8.84. The molecule has 0 saturated carbocycles. The summed E-state index contributed by atoms with van der Waals surface area (Å²) in [5, 5.41) is 9.58. The molecule has 0 saturated heterocycles. The Balaban J connectivity index is 2.02. The molecule has 0 radical (unpaired) electrons. The summed E-state index contributed by atoms with van der Waals surface area (Å²) in [5.41, 5.74) is 1.64. The Kier molecular flexibility index (Phi) is 7.68. The molecule has 0 aliphatic carbocycles. The Morgan fingerprint density at radius 1 is 1.04 bits per heavy atom. The van der Waals surface area contributed by atoms with E-state index in [0.717, 1.165) is 16.0 Å². The van der Waals surface area contributed by atoms with Crippen LogP contribution in [0.2, 0.25) is 0 Å². The third-order valence-electron chi connectivity index (χ3n) is 4.42. The molecule has 2 aromatic rings. The number of nitrogens with zero attached hydrogens (tertiary/aromatic N) is 1. The van der Waals surface area contributed by atoms with Gasteiger partial charge in [-0.3, -0.25) is 4.90 Å². The molecule has 7 heteroatoms. The van der Waals surface area contributed by atoms with Gasteiger partial charge in [0.15, 0.2) is 11.5 Å². The van der Waals surface area contributed by atoms with Gasteiger partial charge in [-0.15, -0.1) is 0 Å². The first-order chi connectivity index (χ1) is 13.5. The average Bonchev–Trinajstić information content (AvgIpc) is 2.72. The summed E-state index contributed by atoms with van der Waals surface area (Å²) in [5.74, 6) is 0.0342. The van der Waals surface area contributed by atoms with Crippen LogP contribution in [0, 0.1) is 0 Å². The van der Waals surface area contributed by atoms with Crippen molar-refractivity contribution in [3.8, 4) is 11.5 Å². The van der Waals surface area contributed by atoms with Gasteiger partial charge in [0.05, 0.1) is 14.2 Å². The molecule has 0 spiro atoms. The minimum atomic E-state index is -1.10. The lowest BCUT2D eigenvalue weighted by Crippen LogP contribution is -2.43. The fraction of sp³-hybridized carbons (Fsp3) is 0.333. The van der Waals surface area contributed by atoms with Crippen LogP contribution in [0.1, 0.15) is 17.5 Å². The fourth-order valence-corrected chi connectivity index (χ4v) is 2.87. The number of amides is 1. The van der Waals surface area contributed by atoms with Gasteiger partial charge in [0, 0.05) is 7.05 Å². The van der Waals surface area contributed by atoms with E-state index in [4.69, 9.17) is 14.2 Å². The van der Waals surface area contributed by atoms with Gasteiger partial charge < -0.3 is 19.3 Å². The monoisotopic (exact) mass is 387 g/mol. The zero-order valence-corrected chi connectivity index (χ0v) is 16.3. The number of benzene rings is 2. The van der Waals surface area contributed by atoms with Crippen LogP contribution in [0.15, 0.2) is 48.5 Å². The van der Waals surface area contributed by atoms with Crippen LogP contribution in [-0.4, -0.2) is 49.4 Å². The minimum Gasteiger partial charge on any atom is -0.493 e. The van der Waals surface area contributed by atoms with Crippen molar-refractivity contribution in [3.63, 3.8) is 0 Å². The first kappa shape index (κ1) is 21.1. The number of carbonyl (C=O) groups is 2. The predicted molar refractivity (Wildman–Crippen MR) is 104 cm³/mol. The summed E-state index contributed by atoms with van der Waals surface area (Å²) < 4.78 is 15.9. The second kappa shape index (κ2) is 10.2. The Morgan fingerprint density at radius 2 is 1.75 bits per heavy atom. The van der Waals surface area contributed by atoms with Crippen molar-refractivity contribution in [2.24, 2.45) is 0 Å². The van der Waals surface area contributed by atoms with E-state index in [0.29, 0.717) is 17.9 Å². The zero-order valence-electron chi connectivity index (χ0n) is 16.3. The summed E-state index contributed by atoms with van der Waals surface area (Å²) in [4.78, 5) is 25.1. The van der Waals surface area contributed by atoms with Crippen molar-refractivity contribution in [2.45, 2.75) is 25.5 Å². The van der Waals surface area contributed by atoms with Crippen LogP contribution in [0.5, 0.6) is 11.5 Å². The fourth-order valence-electron chi connectivity index (χ4n) is 2.87. The van der Waals surface area contributed by atoms with Gasteiger partial charge in [-0.05, 0) is 30.0 Å². The van der Waals surface area contributed by atoms with Gasteiger partial charge in [0.2, 0.25) is 0 Å². The molecular formula is C21H25NO6. The van der Waals surface area contributed by atoms with E-state index in [1.165, 1.54) is 21.3 Å². The number of carbonyl (C=O) groups excluding carboxylic acids is 1. The van der Waals surface area contributed by atoms with Crippen molar-refractivity contribution in [1.29, 1.82) is 0 Å². The average molecular weight is 387 g/mol. The molecule has 0 aromatic heterocycles. The van der Waals surface area contributed by atoms with E-state index in [2.05, 4.69) is 0 Å². The lowest BCUT2D eigenvalue weighted by atomic mass is 10.0. The van der Waals surface area contributed by atoms with Crippen molar-refractivity contribution in [2.75, 3.05) is 21.3 Å². The Morgan fingerprint density at radius 3 is 2.36 bits per heavy atom. The van der Waals surface area contributed by atoms with Crippen molar-refractivity contribution in [3.05, 3.63) is 59.7 Å². The summed E-state index contributed by atoms with van der Waals surface area (Å²) >= 11 is 0. The second-order valence-electron chi connectivity index (χ2n) is 6.20. The molecule has 0 heterocycles. The highest BCUT2D eigenvalue weighted by molar-refractivity contribution is 5.79. The number of para-hydroxylation sites is 1. The number of hydrogen-bond donors (Lipinski definition) is 1. The van der Waals surface area contributed by atoms with Gasteiger partial charge in [-0.1, -0.05) is 42.5 Å². The van der Waals surface area contributed by atoms with E-state index in [9.17, 15) is 14.7 Å². The standard InChI is InChI=1S/C21H25NO6/c1-22(21(25)28-14-15-8-5-4-6-9-15)17(20(23)24)13-12-16-10-7-11-18(26-2)19(16)27-3/h4-11,17H,12-14H2,1-3H3,(H,23,24). The zero-order chi connectivity index (χ0) is 20.5. The van der Waals surface area contributed by atoms with Gasteiger partial charge in [0.1, 0.15) is 12.6 Å². The SMILES string of the molecule is COc1cccc(CCC(C(=O)O)N(C)C(=O)OCc2ccccc2)c1OC. The summed E-state index contributed by atoms with van der Waals surface area (Å²) in [7, 11) is 4.50. The Hall–Kier alpha value is -3.22. The normalized spacial score (nSPS) is 11.4. The molecular weight excluding hydrogens is 362 g/mol. The highest BCUT2D eigenvalue weighted by Crippen LogP contribution is 2.31. The molecule has 2 rings (SSSR count). The van der Waals surface area contributed by atoms with Crippen LogP contribution in [0.3, 0.4) is 0 Å². The number of likely N-dealkylation sites (N-methyl/N-ethyl adjacent to an activating group) is 1. The molecule has 1 N–H and O–H groups in total. The van der Waals surface area contributed by atoms with Crippen molar-refractivity contribution >= 4 is 12.1 Å². The molecule has 1 unspecified atom stereocenters. The van der Waals surface area contributed by atoms with E-state index in [-0.39, 0.29) is 13.0 Å². The third kappa shape index (κ3) is 5.39. The van der Waals surface area contributed by atoms with Crippen LogP contribution in [0.4, 0.5) is 4.79 Å². The van der Waals surface area contributed by atoms with Gasteiger partial charge in [-0.2, -0.15) is 0 Å². The molecule has 7 nitrogen and oxygen atoms in total. The quantitative estimate of drug-likeness (QED) is 0.710. The number of ether oxygens (including phenoxy) is 3. The van der Waals surface area contributed by atoms with E-state index in [1.54, 1.807) is 6.07 Å². The maximum absolute atomic E-state index is 12.3. The van der Waals surface area contributed by atoms with Crippen LogP contribution < -0.4 is 9.47 Å². The summed E-state index contributed by atoms with van der Waals surface area (Å²) in [6, 6.07) is 13.6. The second-order valence-corrected chi connectivity index (χ2v) is 6.20. The molecule has 2 aromatic carbocycles. The topological polar surface area (TPSA) is 85.3 Å². The molecule has 0 fully saturated rings. The molecule has 0 aliphatic heterocycles. The largest absolute Gasteiger partial charge is 0.493 e. The number of methoxy groups -OCH3 is 2. The van der Waals surface area contributed by atoms with Crippen LogP contribution in [0.25, 0.3) is 0 Å². The molecule has 150 valence electrons. The van der Waals surface area contributed by atoms with Crippen LogP contribution in [-0.2, 0) is 22.6 Å². The highest BCUT2D eigenvalue weighted by atomic mass is 16.6. The lowest BCUT2D eigenvalue weighted by molar-refractivity contribution is -0.142. The summed E-state index contributed by atoms with van der Waals surface area (Å²) in [6.45, 7) is 0.0834. The third-order valence-corrected chi connectivity index (χ3v) is 4.42.